The Bertz CT molecular complexity index is 1180. The van der Waals surface area contributed by atoms with E-state index in [1.165, 1.54) is 22.2 Å². The van der Waals surface area contributed by atoms with Crippen LogP contribution in [-0.2, 0) is 17.9 Å². The fourth-order valence-electron chi connectivity index (χ4n) is 2.70. The largest absolute Gasteiger partial charge is 0.309 e. The first kappa shape index (κ1) is 17.4. The van der Waals surface area contributed by atoms with Gasteiger partial charge in [0, 0.05) is 11.1 Å². The number of thiophene rings is 1. The van der Waals surface area contributed by atoms with Crippen molar-refractivity contribution in [2.45, 2.75) is 13.1 Å². The predicted molar refractivity (Wildman–Crippen MR) is 105 cm³/mol. The quantitative estimate of drug-likeness (QED) is 0.559. The predicted octanol–water partition coefficient (Wildman–Crippen LogP) is 2.99. The van der Waals surface area contributed by atoms with E-state index >= 15 is 0 Å². The van der Waals surface area contributed by atoms with Gasteiger partial charge in [-0.3, -0.25) is 14.2 Å². The van der Waals surface area contributed by atoms with Crippen molar-refractivity contribution in [1.82, 2.24) is 19.3 Å². The van der Waals surface area contributed by atoms with Crippen molar-refractivity contribution in [3.63, 3.8) is 0 Å². The monoisotopic (exact) mass is 399 g/mol. The summed E-state index contributed by atoms with van der Waals surface area (Å²) in [5.74, 6) is 0.187. The average Bonchev–Trinajstić information content (AvgIpc) is 3.29. The van der Waals surface area contributed by atoms with Gasteiger partial charge in [-0.2, -0.15) is 5.10 Å². The van der Waals surface area contributed by atoms with Gasteiger partial charge in [0.1, 0.15) is 17.2 Å². The summed E-state index contributed by atoms with van der Waals surface area (Å²) in [7, 11) is 0. The molecule has 0 atom stereocenters. The number of rotatable bonds is 5. The van der Waals surface area contributed by atoms with Gasteiger partial charge < -0.3 is 5.32 Å². The Morgan fingerprint density at radius 3 is 2.93 bits per heavy atom. The van der Waals surface area contributed by atoms with Crippen LogP contribution in [0.25, 0.3) is 10.2 Å². The zero-order chi connectivity index (χ0) is 18.8. The molecule has 0 spiro atoms. The van der Waals surface area contributed by atoms with Crippen LogP contribution in [0.4, 0.5) is 5.82 Å². The molecule has 0 aliphatic carbocycles. The lowest BCUT2D eigenvalue weighted by atomic mass is 10.2. The van der Waals surface area contributed by atoms with E-state index in [9.17, 15) is 9.59 Å². The number of carbonyl (C=O) groups is 1. The van der Waals surface area contributed by atoms with Crippen LogP contribution >= 0.6 is 22.9 Å². The minimum absolute atomic E-state index is 0.130. The zero-order valence-corrected chi connectivity index (χ0v) is 15.6. The molecule has 0 aliphatic rings. The Balaban J connectivity index is 1.50. The third-order valence-corrected chi connectivity index (χ3v) is 5.22. The molecule has 27 heavy (non-hydrogen) atoms. The molecule has 0 saturated heterocycles. The molecule has 4 aromatic rings. The molecule has 7 nitrogen and oxygen atoms in total. The van der Waals surface area contributed by atoms with Gasteiger partial charge in [-0.15, -0.1) is 11.3 Å². The van der Waals surface area contributed by atoms with Crippen LogP contribution in [0.1, 0.15) is 5.56 Å². The van der Waals surface area contributed by atoms with Gasteiger partial charge in [-0.25, -0.2) is 9.67 Å². The molecule has 0 bridgehead atoms. The minimum atomic E-state index is -0.339. The van der Waals surface area contributed by atoms with Gasteiger partial charge in [-0.05, 0) is 23.1 Å². The highest BCUT2D eigenvalue weighted by Gasteiger charge is 2.12. The Morgan fingerprint density at radius 2 is 2.07 bits per heavy atom. The van der Waals surface area contributed by atoms with Crippen LogP contribution < -0.4 is 10.9 Å². The number of aromatic nitrogens is 4. The first-order valence-corrected chi connectivity index (χ1v) is 9.35. The third-order valence-electron chi connectivity index (χ3n) is 4.03. The molecule has 0 unspecified atom stereocenters. The molecule has 1 aromatic carbocycles. The molecular weight excluding hydrogens is 386 g/mol. The van der Waals surface area contributed by atoms with Crippen molar-refractivity contribution in [2.24, 2.45) is 0 Å². The second kappa shape index (κ2) is 7.34. The molecule has 3 aromatic heterocycles. The maximum atomic E-state index is 12.4. The summed E-state index contributed by atoms with van der Waals surface area (Å²) in [5, 5.41) is 9.96. The fourth-order valence-corrected chi connectivity index (χ4v) is 3.61. The van der Waals surface area contributed by atoms with Crippen molar-refractivity contribution < 1.29 is 4.79 Å². The Morgan fingerprint density at radius 1 is 1.22 bits per heavy atom. The van der Waals surface area contributed by atoms with Crippen LogP contribution in [0, 0.1) is 0 Å². The lowest BCUT2D eigenvalue weighted by Crippen LogP contribution is -2.28. The number of nitrogens with zero attached hydrogens (tertiary/aromatic N) is 4. The van der Waals surface area contributed by atoms with E-state index in [2.05, 4.69) is 15.4 Å². The second-order valence-corrected chi connectivity index (χ2v) is 7.13. The second-order valence-electron chi connectivity index (χ2n) is 5.83. The molecule has 4 rings (SSSR count). The number of benzene rings is 1. The van der Waals surface area contributed by atoms with Gasteiger partial charge in [0.05, 0.1) is 24.5 Å². The van der Waals surface area contributed by atoms with Crippen molar-refractivity contribution in [3.05, 3.63) is 75.2 Å². The number of fused-ring (bicyclic) bond motifs is 1. The summed E-state index contributed by atoms with van der Waals surface area (Å²) in [4.78, 5) is 29.7. The SMILES string of the molecule is O=C(Cn1cnc2sccc2c1=O)Nc1ccnn1Cc1ccccc1Cl. The molecule has 0 radical (unpaired) electrons. The molecule has 136 valence electrons. The normalized spacial score (nSPS) is 11.0. The van der Waals surface area contributed by atoms with Gasteiger partial charge in [-0.1, -0.05) is 29.8 Å². The van der Waals surface area contributed by atoms with Crippen LogP contribution in [-0.4, -0.2) is 25.2 Å². The van der Waals surface area contributed by atoms with Gasteiger partial charge in [0.15, 0.2) is 0 Å². The number of nitrogens with one attached hydrogen (secondary N) is 1. The number of anilines is 1. The number of amides is 1. The van der Waals surface area contributed by atoms with E-state index in [1.807, 2.05) is 18.2 Å². The summed E-state index contributed by atoms with van der Waals surface area (Å²) < 4.78 is 2.93. The molecule has 0 fully saturated rings. The lowest BCUT2D eigenvalue weighted by Gasteiger charge is -2.11. The smallest absolute Gasteiger partial charge is 0.262 e. The van der Waals surface area contributed by atoms with Gasteiger partial charge in [0.2, 0.25) is 5.91 Å². The maximum Gasteiger partial charge on any atom is 0.262 e. The summed E-state index contributed by atoms with van der Waals surface area (Å²) in [6, 6.07) is 10.9. The summed E-state index contributed by atoms with van der Waals surface area (Å²) in [5.41, 5.74) is 0.655. The first-order chi connectivity index (χ1) is 13.1. The van der Waals surface area contributed by atoms with E-state index in [-0.39, 0.29) is 18.0 Å². The highest BCUT2D eigenvalue weighted by Crippen LogP contribution is 2.18. The number of hydrogen-bond donors (Lipinski definition) is 1. The van der Waals surface area contributed by atoms with E-state index in [4.69, 9.17) is 11.6 Å². The van der Waals surface area contributed by atoms with E-state index in [0.717, 1.165) is 5.56 Å². The molecule has 0 aliphatic heterocycles. The van der Waals surface area contributed by atoms with Crippen molar-refractivity contribution >= 4 is 44.9 Å². The standard InChI is InChI=1S/C18H14ClN5O2S/c19-14-4-2-1-3-12(14)9-24-15(5-7-21-24)22-16(25)10-23-11-20-17-13(18(23)26)6-8-27-17/h1-8,11H,9-10H2,(H,22,25). The highest BCUT2D eigenvalue weighted by molar-refractivity contribution is 7.16. The zero-order valence-electron chi connectivity index (χ0n) is 14.0. The van der Waals surface area contributed by atoms with Crippen molar-refractivity contribution in [2.75, 3.05) is 5.32 Å². The summed E-state index contributed by atoms with van der Waals surface area (Å²) >= 11 is 7.58. The summed E-state index contributed by atoms with van der Waals surface area (Å²) in [6.45, 7) is 0.291. The van der Waals surface area contributed by atoms with Gasteiger partial charge in [0.25, 0.3) is 5.56 Å². The molecule has 1 amide bonds. The minimum Gasteiger partial charge on any atom is -0.309 e. The van der Waals surface area contributed by atoms with E-state index in [1.54, 1.807) is 34.5 Å². The molecule has 9 heteroatoms. The Kier molecular flexibility index (Phi) is 4.74. The lowest BCUT2D eigenvalue weighted by molar-refractivity contribution is -0.116. The van der Waals surface area contributed by atoms with E-state index in [0.29, 0.717) is 27.6 Å². The molecule has 3 heterocycles. The van der Waals surface area contributed by atoms with Gasteiger partial charge >= 0.3 is 0 Å². The molecular formula is C18H14ClN5O2S. The van der Waals surface area contributed by atoms with Crippen LogP contribution in [0.15, 0.2) is 59.1 Å². The van der Waals surface area contributed by atoms with Crippen LogP contribution in [0.3, 0.4) is 0 Å². The summed E-state index contributed by atoms with van der Waals surface area (Å²) in [6.07, 6.45) is 2.99. The number of carbonyl (C=O) groups excluding carboxylic acids is 1. The van der Waals surface area contributed by atoms with Crippen molar-refractivity contribution in [3.8, 4) is 0 Å². The number of halogens is 1. The topological polar surface area (TPSA) is 81.8 Å². The highest BCUT2D eigenvalue weighted by atomic mass is 35.5. The third kappa shape index (κ3) is 3.62. The first-order valence-electron chi connectivity index (χ1n) is 8.09. The Hall–Kier alpha value is -2.97. The average molecular weight is 400 g/mol. The molecule has 1 N–H and O–H groups in total. The van der Waals surface area contributed by atoms with E-state index < -0.39 is 0 Å². The number of hydrogen-bond acceptors (Lipinski definition) is 5. The maximum absolute atomic E-state index is 12.4. The fraction of sp³-hybridized carbons (Fsp3) is 0.111. The van der Waals surface area contributed by atoms with Crippen LogP contribution in [0.5, 0.6) is 0 Å². The Labute approximate surface area is 162 Å². The van der Waals surface area contributed by atoms with Crippen molar-refractivity contribution in [1.29, 1.82) is 0 Å². The molecule has 0 saturated carbocycles. The van der Waals surface area contributed by atoms with Crippen LogP contribution in [0.2, 0.25) is 5.02 Å².